The highest BCUT2D eigenvalue weighted by molar-refractivity contribution is 5.76. The predicted octanol–water partition coefficient (Wildman–Crippen LogP) is 3.49. The standard InChI is InChI=1S/C20H23N3O2/c1-17-7-2-3-9-19(17)25-14-5-10-20(24)23(13-6-11-21)16-18-8-4-12-22-15-18/h2-4,7-9,12,15H,5-6,10,13-14,16H2,1H3. The molecule has 0 saturated carbocycles. The topological polar surface area (TPSA) is 66.2 Å². The Hall–Kier alpha value is -2.87. The van der Waals surface area contributed by atoms with Crippen molar-refractivity contribution >= 4 is 5.91 Å². The summed E-state index contributed by atoms with van der Waals surface area (Å²) in [6, 6.07) is 13.7. The summed E-state index contributed by atoms with van der Waals surface area (Å²) in [5.74, 6) is 0.888. The number of hydrogen-bond acceptors (Lipinski definition) is 4. The van der Waals surface area contributed by atoms with Crippen molar-refractivity contribution in [3.63, 3.8) is 0 Å². The van der Waals surface area contributed by atoms with Crippen LogP contribution in [0.3, 0.4) is 0 Å². The summed E-state index contributed by atoms with van der Waals surface area (Å²) in [4.78, 5) is 18.3. The monoisotopic (exact) mass is 337 g/mol. The van der Waals surface area contributed by atoms with Crippen LogP contribution in [-0.2, 0) is 11.3 Å². The molecular formula is C20H23N3O2. The summed E-state index contributed by atoms with van der Waals surface area (Å²) in [5, 5.41) is 8.81. The van der Waals surface area contributed by atoms with E-state index in [0.29, 0.717) is 39.0 Å². The second-order valence-electron chi connectivity index (χ2n) is 5.80. The number of aryl methyl sites for hydroxylation is 1. The zero-order valence-corrected chi connectivity index (χ0v) is 14.5. The lowest BCUT2D eigenvalue weighted by Crippen LogP contribution is -2.31. The van der Waals surface area contributed by atoms with Gasteiger partial charge in [-0.1, -0.05) is 24.3 Å². The van der Waals surface area contributed by atoms with E-state index in [0.717, 1.165) is 16.9 Å². The lowest BCUT2D eigenvalue weighted by molar-refractivity contribution is -0.132. The van der Waals surface area contributed by atoms with Gasteiger partial charge in [0, 0.05) is 31.9 Å². The van der Waals surface area contributed by atoms with Gasteiger partial charge in [0.1, 0.15) is 5.75 Å². The molecule has 25 heavy (non-hydrogen) atoms. The molecule has 0 aliphatic rings. The molecule has 2 rings (SSSR count). The SMILES string of the molecule is Cc1ccccc1OCCCC(=O)N(CCC#N)Cc1cccnc1. The first-order valence-corrected chi connectivity index (χ1v) is 8.43. The average Bonchev–Trinajstić information content (AvgIpc) is 2.64. The first-order chi connectivity index (χ1) is 12.2. The normalized spacial score (nSPS) is 10.1. The Labute approximate surface area is 148 Å². The van der Waals surface area contributed by atoms with Crippen LogP contribution in [-0.4, -0.2) is 28.9 Å². The largest absolute Gasteiger partial charge is 0.493 e. The molecule has 1 amide bonds. The van der Waals surface area contributed by atoms with Gasteiger partial charge < -0.3 is 9.64 Å². The highest BCUT2D eigenvalue weighted by atomic mass is 16.5. The molecule has 0 unspecified atom stereocenters. The molecule has 0 aliphatic heterocycles. The molecule has 0 aliphatic carbocycles. The van der Waals surface area contributed by atoms with E-state index in [4.69, 9.17) is 10.00 Å². The molecule has 0 atom stereocenters. The van der Waals surface area contributed by atoms with E-state index >= 15 is 0 Å². The van der Waals surface area contributed by atoms with Crippen molar-refractivity contribution in [3.8, 4) is 11.8 Å². The quantitative estimate of drug-likeness (QED) is 0.657. The zero-order valence-electron chi connectivity index (χ0n) is 14.5. The van der Waals surface area contributed by atoms with Crippen molar-refractivity contribution in [2.75, 3.05) is 13.2 Å². The Morgan fingerprint density at radius 2 is 2.12 bits per heavy atom. The summed E-state index contributed by atoms with van der Waals surface area (Å²) >= 11 is 0. The van der Waals surface area contributed by atoms with E-state index in [9.17, 15) is 4.79 Å². The molecule has 0 N–H and O–H groups in total. The Bertz CT molecular complexity index is 710. The van der Waals surface area contributed by atoms with Gasteiger partial charge >= 0.3 is 0 Å². The molecule has 1 aromatic heterocycles. The minimum atomic E-state index is 0.0347. The molecule has 0 bridgehead atoms. The van der Waals surface area contributed by atoms with Gasteiger partial charge in [-0.05, 0) is 36.6 Å². The van der Waals surface area contributed by atoms with E-state index < -0.39 is 0 Å². The molecule has 130 valence electrons. The van der Waals surface area contributed by atoms with Gasteiger partial charge in [-0.25, -0.2) is 0 Å². The number of nitrogens with zero attached hydrogens (tertiary/aromatic N) is 3. The van der Waals surface area contributed by atoms with Crippen molar-refractivity contribution in [3.05, 3.63) is 59.9 Å². The fourth-order valence-corrected chi connectivity index (χ4v) is 2.47. The number of ether oxygens (including phenoxy) is 1. The average molecular weight is 337 g/mol. The van der Waals surface area contributed by atoms with Gasteiger partial charge in [0.25, 0.3) is 0 Å². The lowest BCUT2D eigenvalue weighted by Gasteiger charge is -2.21. The van der Waals surface area contributed by atoms with Gasteiger partial charge in [-0.3, -0.25) is 9.78 Å². The van der Waals surface area contributed by atoms with E-state index in [1.54, 1.807) is 17.3 Å². The third kappa shape index (κ3) is 6.27. The second kappa shape index (κ2) is 10.1. The molecule has 0 saturated heterocycles. The van der Waals surface area contributed by atoms with Crippen LogP contribution in [0.4, 0.5) is 0 Å². The molecule has 5 heteroatoms. The van der Waals surface area contributed by atoms with Crippen molar-refractivity contribution < 1.29 is 9.53 Å². The van der Waals surface area contributed by atoms with Crippen LogP contribution >= 0.6 is 0 Å². The second-order valence-corrected chi connectivity index (χ2v) is 5.80. The van der Waals surface area contributed by atoms with Crippen LogP contribution in [0.5, 0.6) is 5.75 Å². The zero-order chi connectivity index (χ0) is 17.9. The lowest BCUT2D eigenvalue weighted by atomic mass is 10.2. The van der Waals surface area contributed by atoms with Crippen LogP contribution in [0.2, 0.25) is 0 Å². The highest BCUT2D eigenvalue weighted by Gasteiger charge is 2.13. The first kappa shape index (κ1) is 18.5. The van der Waals surface area contributed by atoms with Crippen molar-refractivity contribution in [1.29, 1.82) is 5.26 Å². The number of para-hydroxylation sites is 1. The Morgan fingerprint density at radius 1 is 1.28 bits per heavy atom. The summed E-state index contributed by atoms with van der Waals surface area (Å²) < 4.78 is 5.73. The molecule has 2 aromatic rings. The third-order valence-corrected chi connectivity index (χ3v) is 3.83. The van der Waals surface area contributed by atoms with E-state index in [1.807, 2.05) is 43.3 Å². The van der Waals surface area contributed by atoms with Crippen LogP contribution in [0.15, 0.2) is 48.8 Å². The van der Waals surface area contributed by atoms with E-state index in [2.05, 4.69) is 11.1 Å². The molecule has 5 nitrogen and oxygen atoms in total. The van der Waals surface area contributed by atoms with Gasteiger partial charge in [0.15, 0.2) is 0 Å². The maximum atomic E-state index is 12.5. The number of carbonyl (C=O) groups excluding carboxylic acids is 1. The summed E-state index contributed by atoms with van der Waals surface area (Å²) in [7, 11) is 0. The Balaban J connectivity index is 1.82. The van der Waals surface area contributed by atoms with Gasteiger partial charge in [-0.2, -0.15) is 5.26 Å². The first-order valence-electron chi connectivity index (χ1n) is 8.43. The van der Waals surface area contributed by atoms with Crippen molar-refractivity contribution in [2.24, 2.45) is 0 Å². The summed E-state index contributed by atoms with van der Waals surface area (Å²) in [6.07, 6.45) is 4.81. The number of benzene rings is 1. The third-order valence-electron chi connectivity index (χ3n) is 3.83. The number of nitriles is 1. The minimum Gasteiger partial charge on any atom is -0.493 e. The fourth-order valence-electron chi connectivity index (χ4n) is 2.47. The van der Waals surface area contributed by atoms with Gasteiger partial charge in [0.2, 0.25) is 5.91 Å². The van der Waals surface area contributed by atoms with Crippen LogP contribution in [0.25, 0.3) is 0 Å². The van der Waals surface area contributed by atoms with Gasteiger partial charge in [-0.15, -0.1) is 0 Å². The van der Waals surface area contributed by atoms with Crippen molar-refractivity contribution in [1.82, 2.24) is 9.88 Å². The predicted molar refractivity (Wildman–Crippen MR) is 95.8 cm³/mol. The minimum absolute atomic E-state index is 0.0347. The molecular weight excluding hydrogens is 314 g/mol. The Morgan fingerprint density at radius 3 is 2.84 bits per heavy atom. The maximum Gasteiger partial charge on any atom is 0.223 e. The number of rotatable bonds is 9. The molecule has 1 heterocycles. The van der Waals surface area contributed by atoms with Gasteiger partial charge in [0.05, 0.1) is 19.1 Å². The maximum absolute atomic E-state index is 12.5. The van der Waals surface area contributed by atoms with Crippen LogP contribution in [0.1, 0.15) is 30.4 Å². The molecule has 0 radical (unpaired) electrons. The molecule has 1 aromatic carbocycles. The van der Waals surface area contributed by atoms with E-state index in [-0.39, 0.29) is 5.91 Å². The highest BCUT2D eigenvalue weighted by Crippen LogP contribution is 2.16. The molecule has 0 spiro atoms. The fraction of sp³-hybridized carbons (Fsp3) is 0.350. The number of hydrogen-bond donors (Lipinski definition) is 0. The number of pyridine rings is 1. The van der Waals surface area contributed by atoms with Crippen LogP contribution in [0, 0.1) is 18.3 Å². The number of aromatic nitrogens is 1. The van der Waals surface area contributed by atoms with Crippen LogP contribution < -0.4 is 4.74 Å². The van der Waals surface area contributed by atoms with E-state index in [1.165, 1.54) is 0 Å². The summed E-state index contributed by atoms with van der Waals surface area (Å²) in [6.45, 7) is 3.41. The smallest absolute Gasteiger partial charge is 0.223 e. The number of carbonyl (C=O) groups is 1. The molecule has 0 fully saturated rings. The number of amides is 1. The van der Waals surface area contributed by atoms with Crippen molar-refractivity contribution in [2.45, 2.75) is 32.7 Å². The Kier molecular flexibility index (Phi) is 7.45. The summed E-state index contributed by atoms with van der Waals surface area (Å²) in [5.41, 5.74) is 2.05.